The summed E-state index contributed by atoms with van der Waals surface area (Å²) in [5.41, 5.74) is 1.19. The third-order valence-electron chi connectivity index (χ3n) is 4.53. The summed E-state index contributed by atoms with van der Waals surface area (Å²) in [4.78, 5) is 0. The molecule has 1 aromatic rings. The Morgan fingerprint density at radius 2 is 2.05 bits per heavy atom. The van der Waals surface area contributed by atoms with Crippen LogP contribution in [-0.2, 0) is 6.42 Å². The summed E-state index contributed by atoms with van der Waals surface area (Å²) in [5, 5.41) is 5.10. The molecule has 0 spiro atoms. The topological polar surface area (TPSA) is 12.0 Å². The van der Waals surface area contributed by atoms with E-state index in [1.54, 1.807) is 0 Å². The lowest BCUT2D eigenvalue weighted by Gasteiger charge is -2.36. The van der Waals surface area contributed by atoms with Crippen LogP contribution in [0.1, 0.15) is 38.2 Å². The molecule has 1 nitrogen and oxygen atoms in total. The van der Waals surface area contributed by atoms with Crippen molar-refractivity contribution in [2.24, 2.45) is 11.8 Å². The highest BCUT2D eigenvalue weighted by Gasteiger charge is 2.29. The number of benzene rings is 1. The van der Waals surface area contributed by atoms with Crippen LogP contribution >= 0.6 is 23.2 Å². The van der Waals surface area contributed by atoms with Gasteiger partial charge in [-0.05, 0) is 68.3 Å². The highest BCUT2D eigenvalue weighted by molar-refractivity contribution is 6.33. The van der Waals surface area contributed by atoms with E-state index in [0.717, 1.165) is 22.4 Å². The summed E-state index contributed by atoms with van der Waals surface area (Å²) >= 11 is 12.4. The van der Waals surface area contributed by atoms with Gasteiger partial charge in [0.15, 0.2) is 0 Å². The normalized spacial score (nSPS) is 27.5. The quantitative estimate of drug-likeness (QED) is 0.829. The molecule has 1 N–H and O–H groups in total. The molecular weight excluding hydrogens is 277 g/mol. The molecule has 3 atom stereocenters. The van der Waals surface area contributed by atoms with Gasteiger partial charge in [0.2, 0.25) is 0 Å². The minimum absolute atomic E-state index is 0.609. The molecule has 19 heavy (non-hydrogen) atoms. The smallest absolute Gasteiger partial charge is 0.0439 e. The fourth-order valence-corrected chi connectivity index (χ4v) is 3.71. The summed E-state index contributed by atoms with van der Waals surface area (Å²) in [7, 11) is 2.07. The van der Waals surface area contributed by atoms with Gasteiger partial charge in [0.25, 0.3) is 0 Å². The van der Waals surface area contributed by atoms with Crippen molar-refractivity contribution in [3.05, 3.63) is 33.8 Å². The van der Waals surface area contributed by atoms with Gasteiger partial charge in [-0.25, -0.2) is 0 Å². The van der Waals surface area contributed by atoms with Gasteiger partial charge in [-0.1, -0.05) is 36.5 Å². The van der Waals surface area contributed by atoms with Crippen LogP contribution in [0.4, 0.5) is 0 Å². The van der Waals surface area contributed by atoms with Crippen LogP contribution in [0.2, 0.25) is 10.0 Å². The van der Waals surface area contributed by atoms with E-state index in [-0.39, 0.29) is 0 Å². The first-order valence-corrected chi connectivity index (χ1v) is 8.00. The standard InChI is InChI=1S/C16H23Cl2N/c1-3-11-4-7-16(19-2)13(8-11)9-12-10-14(17)5-6-15(12)18/h5-6,10-11,13,16,19H,3-4,7-9H2,1-2H3. The maximum absolute atomic E-state index is 6.30. The molecule has 0 aliphatic heterocycles. The number of hydrogen-bond acceptors (Lipinski definition) is 1. The summed E-state index contributed by atoms with van der Waals surface area (Å²) in [5.74, 6) is 1.53. The zero-order chi connectivity index (χ0) is 13.8. The zero-order valence-electron chi connectivity index (χ0n) is 11.8. The van der Waals surface area contributed by atoms with Crippen LogP contribution < -0.4 is 5.32 Å². The number of rotatable bonds is 4. The molecule has 106 valence electrons. The van der Waals surface area contributed by atoms with Crippen LogP contribution in [0.15, 0.2) is 18.2 Å². The SMILES string of the molecule is CCC1CCC(NC)C(Cc2cc(Cl)ccc2Cl)C1. The van der Waals surface area contributed by atoms with Gasteiger partial charge < -0.3 is 5.32 Å². The van der Waals surface area contributed by atoms with E-state index in [0.29, 0.717) is 12.0 Å². The number of halogens is 2. The van der Waals surface area contributed by atoms with Crippen molar-refractivity contribution in [3.63, 3.8) is 0 Å². The van der Waals surface area contributed by atoms with Crippen LogP contribution in [-0.4, -0.2) is 13.1 Å². The average molecular weight is 300 g/mol. The maximum Gasteiger partial charge on any atom is 0.0439 e. The monoisotopic (exact) mass is 299 g/mol. The zero-order valence-corrected chi connectivity index (χ0v) is 13.3. The Hall–Kier alpha value is -0.240. The minimum Gasteiger partial charge on any atom is -0.317 e. The molecular formula is C16H23Cl2N. The molecule has 1 aliphatic rings. The van der Waals surface area contributed by atoms with Crippen LogP contribution in [0.3, 0.4) is 0 Å². The largest absolute Gasteiger partial charge is 0.317 e. The highest BCUT2D eigenvalue weighted by Crippen LogP contribution is 2.35. The van der Waals surface area contributed by atoms with Crippen molar-refractivity contribution < 1.29 is 0 Å². The van der Waals surface area contributed by atoms with E-state index < -0.39 is 0 Å². The molecule has 3 heteroatoms. The second kappa shape index (κ2) is 6.97. The predicted molar refractivity (Wildman–Crippen MR) is 84.1 cm³/mol. The minimum atomic E-state index is 0.609. The van der Waals surface area contributed by atoms with E-state index in [2.05, 4.69) is 19.3 Å². The van der Waals surface area contributed by atoms with Crippen molar-refractivity contribution >= 4 is 23.2 Å². The summed E-state index contributed by atoms with van der Waals surface area (Å²) < 4.78 is 0. The molecule has 3 unspecified atom stereocenters. The Labute approximate surface area is 126 Å². The third kappa shape index (κ3) is 3.87. The predicted octanol–water partition coefficient (Wildman–Crippen LogP) is 4.95. The van der Waals surface area contributed by atoms with Gasteiger partial charge >= 0.3 is 0 Å². The average Bonchev–Trinajstić information content (AvgIpc) is 2.42. The summed E-state index contributed by atoms with van der Waals surface area (Å²) in [6.45, 7) is 2.30. The van der Waals surface area contributed by atoms with Gasteiger partial charge in [-0.15, -0.1) is 0 Å². The molecule has 1 aromatic carbocycles. The summed E-state index contributed by atoms with van der Waals surface area (Å²) in [6, 6.07) is 6.40. The Bertz CT molecular complexity index is 419. The number of hydrogen-bond donors (Lipinski definition) is 1. The molecule has 0 saturated heterocycles. The van der Waals surface area contributed by atoms with Crippen LogP contribution in [0, 0.1) is 11.8 Å². The fraction of sp³-hybridized carbons (Fsp3) is 0.625. The molecule has 0 heterocycles. The van der Waals surface area contributed by atoms with Gasteiger partial charge in [0.1, 0.15) is 0 Å². The van der Waals surface area contributed by atoms with E-state index in [4.69, 9.17) is 23.2 Å². The Kier molecular flexibility index (Phi) is 5.56. The molecule has 0 amide bonds. The first-order chi connectivity index (χ1) is 9.13. The molecule has 2 rings (SSSR count). The van der Waals surface area contributed by atoms with Gasteiger partial charge in [0, 0.05) is 16.1 Å². The van der Waals surface area contributed by atoms with Crippen LogP contribution in [0.25, 0.3) is 0 Å². The highest BCUT2D eigenvalue weighted by atomic mass is 35.5. The van der Waals surface area contributed by atoms with Crippen molar-refractivity contribution in [1.29, 1.82) is 0 Å². The Balaban J connectivity index is 2.11. The van der Waals surface area contributed by atoms with Crippen molar-refractivity contribution in [1.82, 2.24) is 5.32 Å². The third-order valence-corrected chi connectivity index (χ3v) is 5.13. The first kappa shape index (κ1) is 15.2. The molecule has 0 bridgehead atoms. The second-order valence-electron chi connectivity index (χ2n) is 5.68. The van der Waals surface area contributed by atoms with Gasteiger partial charge in [-0.3, -0.25) is 0 Å². The Morgan fingerprint density at radius 1 is 1.26 bits per heavy atom. The molecule has 1 saturated carbocycles. The van der Waals surface area contributed by atoms with Crippen molar-refractivity contribution in [2.75, 3.05) is 7.05 Å². The molecule has 1 fully saturated rings. The number of nitrogens with one attached hydrogen (secondary N) is 1. The lowest BCUT2D eigenvalue weighted by atomic mass is 9.74. The van der Waals surface area contributed by atoms with Crippen molar-refractivity contribution in [3.8, 4) is 0 Å². The maximum atomic E-state index is 6.30. The van der Waals surface area contributed by atoms with E-state index in [1.165, 1.54) is 31.2 Å². The lowest BCUT2D eigenvalue weighted by Crippen LogP contribution is -2.39. The molecule has 1 aliphatic carbocycles. The summed E-state index contributed by atoms with van der Waals surface area (Å²) in [6.07, 6.45) is 6.24. The van der Waals surface area contributed by atoms with Gasteiger partial charge in [0.05, 0.1) is 0 Å². The second-order valence-corrected chi connectivity index (χ2v) is 6.53. The van der Waals surface area contributed by atoms with Crippen LogP contribution in [0.5, 0.6) is 0 Å². The van der Waals surface area contributed by atoms with E-state index in [9.17, 15) is 0 Å². The Morgan fingerprint density at radius 3 is 2.74 bits per heavy atom. The molecule has 0 aromatic heterocycles. The lowest BCUT2D eigenvalue weighted by molar-refractivity contribution is 0.205. The fourth-order valence-electron chi connectivity index (χ4n) is 3.32. The van der Waals surface area contributed by atoms with E-state index in [1.807, 2.05) is 18.2 Å². The van der Waals surface area contributed by atoms with Gasteiger partial charge in [-0.2, -0.15) is 0 Å². The van der Waals surface area contributed by atoms with E-state index >= 15 is 0 Å². The first-order valence-electron chi connectivity index (χ1n) is 7.25. The molecule has 0 radical (unpaired) electrons. The van der Waals surface area contributed by atoms with Crippen molar-refractivity contribution in [2.45, 2.75) is 45.1 Å².